The molecule has 0 amide bonds. The summed E-state index contributed by atoms with van der Waals surface area (Å²) in [5.41, 5.74) is 5.73. The zero-order valence-corrected chi connectivity index (χ0v) is 22.0. The van der Waals surface area contributed by atoms with Crippen molar-refractivity contribution in [3.63, 3.8) is 0 Å². The number of carbonyl (C=O) groups is 2. The topological polar surface area (TPSA) is 98.6 Å². The van der Waals surface area contributed by atoms with Crippen LogP contribution in [0.4, 0.5) is 0 Å². The van der Waals surface area contributed by atoms with Crippen molar-refractivity contribution < 1.29 is 24.2 Å². The molecule has 0 spiro atoms. The van der Waals surface area contributed by atoms with E-state index in [2.05, 4.69) is 78.6 Å². The summed E-state index contributed by atoms with van der Waals surface area (Å²) in [4.78, 5) is 32.7. The van der Waals surface area contributed by atoms with Crippen molar-refractivity contribution in [3.05, 3.63) is 96.6 Å². The third-order valence-corrected chi connectivity index (χ3v) is 5.94. The highest BCUT2D eigenvalue weighted by atomic mass is 16.6. The number of hydrogen-bond acceptors (Lipinski definition) is 7. The Morgan fingerprint density at radius 3 is 1.95 bits per heavy atom. The van der Waals surface area contributed by atoms with E-state index >= 15 is 0 Å². The summed E-state index contributed by atoms with van der Waals surface area (Å²) in [6, 6.07) is 16.9. The lowest BCUT2D eigenvalue weighted by Crippen LogP contribution is -2.27. The Hall–Kier alpha value is -4.10. The van der Waals surface area contributed by atoms with E-state index in [0.29, 0.717) is 18.7 Å². The molecule has 1 unspecified atom stereocenters. The molecule has 0 aliphatic rings. The monoisotopic (exact) mass is 514 g/mol. The molecule has 0 fully saturated rings. The summed E-state index contributed by atoms with van der Waals surface area (Å²) in [5, 5.41) is 9.02. The normalized spacial score (nSPS) is 11.4. The molecule has 7 heteroatoms. The first-order valence-electron chi connectivity index (χ1n) is 12.6. The largest absolute Gasteiger partial charge is 0.458 e. The number of benzene rings is 2. The molecule has 1 heterocycles. The van der Waals surface area contributed by atoms with E-state index in [1.54, 1.807) is 12.4 Å². The van der Waals surface area contributed by atoms with E-state index < -0.39 is 24.6 Å². The number of nitrogens with zero attached hydrogens (tertiary/aromatic N) is 2. The maximum atomic E-state index is 12.0. The van der Waals surface area contributed by atoms with Crippen molar-refractivity contribution in [2.24, 2.45) is 0 Å². The van der Waals surface area contributed by atoms with Crippen LogP contribution in [0, 0.1) is 0 Å². The van der Waals surface area contributed by atoms with E-state index in [9.17, 15) is 9.59 Å². The van der Waals surface area contributed by atoms with Crippen molar-refractivity contribution in [1.29, 1.82) is 0 Å². The molecule has 3 aromatic rings. The van der Waals surface area contributed by atoms with Crippen LogP contribution < -0.4 is 0 Å². The average molecular weight is 515 g/mol. The van der Waals surface area contributed by atoms with Crippen LogP contribution in [0.5, 0.6) is 0 Å². The molecule has 0 saturated heterocycles. The van der Waals surface area contributed by atoms with E-state index in [1.807, 2.05) is 0 Å². The Kier molecular flexibility index (Phi) is 10.5. The lowest BCUT2D eigenvalue weighted by atomic mass is 10.00. The molecule has 1 aromatic heterocycles. The Morgan fingerprint density at radius 1 is 0.868 bits per heavy atom. The molecule has 2 aromatic carbocycles. The number of aliphatic hydroxyl groups excluding tert-OH is 1. The molecule has 38 heavy (non-hydrogen) atoms. The average Bonchev–Trinajstić information content (AvgIpc) is 2.94. The zero-order valence-electron chi connectivity index (χ0n) is 22.0. The van der Waals surface area contributed by atoms with Gasteiger partial charge in [-0.05, 0) is 42.0 Å². The van der Waals surface area contributed by atoms with Gasteiger partial charge in [-0.2, -0.15) is 0 Å². The van der Waals surface area contributed by atoms with E-state index in [4.69, 9.17) is 14.6 Å². The van der Waals surface area contributed by atoms with E-state index in [0.717, 1.165) is 29.5 Å². The second-order valence-corrected chi connectivity index (χ2v) is 9.12. The van der Waals surface area contributed by atoms with Crippen LogP contribution in [-0.2, 0) is 31.9 Å². The second-order valence-electron chi connectivity index (χ2n) is 9.12. The summed E-state index contributed by atoms with van der Waals surface area (Å²) in [6.07, 6.45) is 5.76. The first-order chi connectivity index (χ1) is 18.3. The van der Waals surface area contributed by atoms with Gasteiger partial charge in [0.25, 0.3) is 0 Å². The summed E-state index contributed by atoms with van der Waals surface area (Å²) in [5.74, 6) is -0.757. The number of aliphatic hydroxyl groups is 1. The zero-order chi connectivity index (χ0) is 27.5. The summed E-state index contributed by atoms with van der Waals surface area (Å²) in [7, 11) is 0. The van der Waals surface area contributed by atoms with Crippen molar-refractivity contribution >= 4 is 11.9 Å². The number of rotatable bonds is 13. The fourth-order valence-electron chi connectivity index (χ4n) is 3.69. The number of aromatic nitrogens is 2. The minimum atomic E-state index is -0.746. The first-order valence-corrected chi connectivity index (χ1v) is 12.6. The van der Waals surface area contributed by atoms with E-state index in [1.165, 1.54) is 18.1 Å². The Morgan fingerprint density at radius 2 is 1.42 bits per heavy atom. The molecule has 0 aliphatic carbocycles. The van der Waals surface area contributed by atoms with Crippen LogP contribution in [0.25, 0.3) is 22.3 Å². The Bertz CT molecular complexity index is 1250. The molecule has 0 aliphatic heterocycles. The van der Waals surface area contributed by atoms with Gasteiger partial charge < -0.3 is 14.6 Å². The standard InChI is InChI=1S/C31H34N2O5/c1-5-6-23-7-9-24(10-8-23)25-11-13-26(14-12-25)27-17-32-29(33-18-27)16-15-28(38-30(35)21(2)3)20-37-31(36)22(4)19-34/h7-14,17-18,28,34H,2,4-6,15-16,19-20H2,1,3H3. The molecule has 1 N–H and O–H groups in total. The number of carbonyl (C=O) groups excluding carboxylic acids is 2. The molecule has 198 valence electrons. The lowest BCUT2D eigenvalue weighted by Gasteiger charge is -2.18. The molecule has 1 atom stereocenters. The number of hydrogen-bond donors (Lipinski definition) is 1. The maximum Gasteiger partial charge on any atom is 0.335 e. The van der Waals surface area contributed by atoms with Gasteiger partial charge in [-0.1, -0.05) is 75.0 Å². The van der Waals surface area contributed by atoms with Crippen LogP contribution in [0.3, 0.4) is 0 Å². The minimum Gasteiger partial charge on any atom is -0.458 e. The van der Waals surface area contributed by atoms with Gasteiger partial charge in [0.1, 0.15) is 18.5 Å². The number of aryl methyl sites for hydroxylation is 2. The van der Waals surface area contributed by atoms with Crippen LogP contribution in [0.2, 0.25) is 0 Å². The maximum absolute atomic E-state index is 12.0. The number of esters is 2. The van der Waals surface area contributed by atoms with Crippen LogP contribution in [-0.4, -0.2) is 46.3 Å². The smallest absolute Gasteiger partial charge is 0.335 e. The lowest BCUT2D eigenvalue weighted by molar-refractivity contribution is -0.154. The fourth-order valence-corrected chi connectivity index (χ4v) is 3.69. The Balaban J connectivity index is 1.61. The van der Waals surface area contributed by atoms with Gasteiger partial charge in [0.15, 0.2) is 0 Å². The summed E-state index contributed by atoms with van der Waals surface area (Å²) in [6.45, 7) is 10.0. The molecule has 0 saturated carbocycles. The van der Waals surface area contributed by atoms with Crippen LogP contribution in [0.15, 0.2) is 85.2 Å². The molecule has 0 bridgehead atoms. The van der Waals surface area contributed by atoms with Crippen molar-refractivity contribution in [3.8, 4) is 22.3 Å². The molecular formula is C31H34N2O5. The van der Waals surface area contributed by atoms with Crippen molar-refractivity contribution in [2.45, 2.75) is 45.6 Å². The minimum absolute atomic E-state index is 0.0770. The number of ether oxygens (including phenoxy) is 2. The molecule has 7 nitrogen and oxygen atoms in total. The third kappa shape index (κ3) is 8.21. The fraction of sp³-hybridized carbons (Fsp3) is 0.290. The quantitative estimate of drug-likeness (QED) is 0.245. The third-order valence-electron chi connectivity index (χ3n) is 5.94. The van der Waals surface area contributed by atoms with E-state index in [-0.39, 0.29) is 17.8 Å². The highest BCUT2D eigenvalue weighted by Crippen LogP contribution is 2.25. The molecular weight excluding hydrogens is 480 g/mol. The van der Waals surface area contributed by atoms with Gasteiger partial charge in [0, 0.05) is 30.0 Å². The first kappa shape index (κ1) is 28.5. The predicted molar refractivity (Wildman–Crippen MR) is 147 cm³/mol. The van der Waals surface area contributed by atoms with Gasteiger partial charge in [0.2, 0.25) is 0 Å². The van der Waals surface area contributed by atoms with Gasteiger partial charge in [-0.15, -0.1) is 0 Å². The highest BCUT2D eigenvalue weighted by Gasteiger charge is 2.19. The summed E-state index contributed by atoms with van der Waals surface area (Å²) < 4.78 is 10.5. The van der Waals surface area contributed by atoms with Crippen molar-refractivity contribution in [2.75, 3.05) is 13.2 Å². The SMILES string of the molecule is C=C(C)C(=O)OC(CCc1ncc(-c2ccc(-c3ccc(CCC)cc3)cc2)cn1)COC(=O)C(=C)CO. The van der Waals surface area contributed by atoms with Crippen molar-refractivity contribution in [1.82, 2.24) is 9.97 Å². The highest BCUT2D eigenvalue weighted by molar-refractivity contribution is 5.88. The molecule has 3 rings (SSSR count). The van der Waals surface area contributed by atoms with Crippen LogP contribution >= 0.6 is 0 Å². The van der Waals surface area contributed by atoms with Crippen LogP contribution in [0.1, 0.15) is 38.1 Å². The summed E-state index contributed by atoms with van der Waals surface area (Å²) >= 11 is 0. The van der Waals surface area contributed by atoms with Gasteiger partial charge >= 0.3 is 11.9 Å². The Labute approximate surface area is 223 Å². The van der Waals surface area contributed by atoms with Gasteiger partial charge in [-0.3, -0.25) is 0 Å². The predicted octanol–water partition coefficient (Wildman–Crippen LogP) is 5.28. The molecule has 0 radical (unpaired) electrons. The van der Waals surface area contributed by atoms with Gasteiger partial charge in [-0.25, -0.2) is 19.6 Å². The van der Waals surface area contributed by atoms with Gasteiger partial charge in [0.05, 0.1) is 12.2 Å². The second kappa shape index (κ2) is 14.0.